The molecule has 3 N–H and O–H groups in total. The molecule has 6 nitrogen and oxygen atoms in total. The van der Waals surface area contributed by atoms with Gasteiger partial charge < -0.3 is 5.73 Å². The van der Waals surface area contributed by atoms with E-state index in [1.807, 2.05) is 0 Å². The highest BCUT2D eigenvalue weighted by Gasteiger charge is 2.26. The molecule has 0 aliphatic carbocycles. The first-order valence-electron chi connectivity index (χ1n) is 3.87. The minimum atomic E-state index is -4.76. The highest BCUT2D eigenvalue weighted by molar-refractivity contribution is 7.93. The van der Waals surface area contributed by atoms with Crippen molar-refractivity contribution in [3.8, 4) is 0 Å². The van der Waals surface area contributed by atoms with Crippen molar-refractivity contribution in [3.05, 3.63) is 11.8 Å². The largest absolute Gasteiger partial charge is 0.389 e. The van der Waals surface area contributed by atoms with Crippen molar-refractivity contribution in [3.63, 3.8) is 0 Å². The molecule has 0 saturated carbocycles. The Labute approximate surface area is 95.5 Å². The molecular formula is C6H8F2N4O2S2. The van der Waals surface area contributed by atoms with Crippen LogP contribution in [-0.4, -0.2) is 28.9 Å². The van der Waals surface area contributed by atoms with E-state index in [0.717, 1.165) is 4.68 Å². The number of aryl methyl sites for hydroxylation is 1. The normalized spacial score (nSPS) is 11.8. The molecule has 1 aromatic heterocycles. The number of nitrogens with one attached hydrogen (secondary N) is 1. The molecule has 0 radical (unpaired) electrons. The molecule has 90 valence electrons. The third kappa shape index (κ3) is 2.44. The van der Waals surface area contributed by atoms with Gasteiger partial charge in [0.05, 0.1) is 11.8 Å². The first-order chi connectivity index (χ1) is 7.25. The van der Waals surface area contributed by atoms with E-state index >= 15 is 0 Å². The number of rotatable bonds is 4. The maximum Gasteiger partial charge on any atom is 0.355 e. The van der Waals surface area contributed by atoms with Crippen molar-refractivity contribution in [2.75, 3.05) is 4.72 Å². The zero-order valence-corrected chi connectivity index (χ0v) is 9.65. The number of hydrogen-bond acceptors (Lipinski definition) is 4. The molecule has 0 spiro atoms. The summed E-state index contributed by atoms with van der Waals surface area (Å²) in [5, 5.41) is 3.66. The summed E-state index contributed by atoms with van der Waals surface area (Å²) >= 11 is 4.62. The number of nitrogens with zero attached hydrogens (tertiary/aromatic N) is 2. The fraction of sp³-hybridized carbons (Fsp3) is 0.333. The molecule has 0 amide bonds. The molecular weight excluding hydrogens is 262 g/mol. The first-order valence-corrected chi connectivity index (χ1v) is 5.82. The van der Waals surface area contributed by atoms with Crippen molar-refractivity contribution in [2.24, 2.45) is 12.8 Å². The fourth-order valence-corrected chi connectivity index (χ4v) is 1.67. The van der Waals surface area contributed by atoms with Crippen LogP contribution in [0, 0.1) is 0 Å². The predicted octanol–water partition coefficient (Wildman–Crippen LogP) is 0.0186. The van der Waals surface area contributed by atoms with Gasteiger partial charge in [0.15, 0.2) is 0 Å². The number of halogens is 2. The lowest BCUT2D eigenvalue weighted by molar-refractivity contribution is 0.236. The molecule has 1 rings (SSSR count). The Morgan fingerprint density at radius 1 is 1.69 bits per heavy atom. The lowest BCUT2D eigenvalue weighted by atomic mass is 10.3. The van der Waals surface area contributed by atoms with Crippen LogP contribution in [0.4, 0.5) is 14.6 Å². The van der Waals surface area contributed by atoms with E-state index in [1.54, 1.807) is 4.72 Å². The monoisotopic (exact) mass is 270 g/mol. The van der Waals surface area contributed by atoms with Gasteiger partial charge in [-0.3, -0.25) is 9.40 Å². The molecule has 0 aliphatic rings. The SMILES string of the molecule is Cn1ncc(C(N)=S)c1NS(=O)(=O)C(F)F. The summed E-state index contributed by atoms with van der Waals surface area (Å²) in [5.74, 6) is -3.73. The predicted molar refractivity (Wildman–Crippen MR) is 57.6 cm³/mol. The van der Waals surface area contributed by atoms with Crippen molar-refractivity contribution >= 4 is 33.0 Å². The molecule has 0 saturated heterocycles. The van der Waals surface area contributed by atoms with Crippen LogP contribution in [0.15, 0.2) is 6.20 Å². The summed E-state index contributed by atoms with van der Waals surface area (Å²) in [6.45, 7) is 0. The van der Waals surface area contributed by atoms with Gasteiger partial charge in [-0.2, -0.15) is 13.9 Å². The molecule has 0 atom stereocenters. The Hall–Kier alpha value is -1.29. The highest BCUT2D eigenvalue weighted by Crippen LogP contribution is 2.17. The molecule has 0 bridgehead atoms. The number of aromatic nitrogens is 2. The van der Waals surface area contributed by atoms with Crippen LogP contribution in [0.2, 0.25) is 0 Å². The van der Waals surface area contributed by atoms with Gasteiger partial charge in [0.1, 0.15) is 10.8 Å². The standard InChI is InChI=1S/C6H8F2N4O2S2/c1-12-5(3(2-10-12)4(9)15)11-16(13,14)6(7)8/h2,6,11H,1H3,(H2,9,15). The molecule has 0 fully saturated rings. The topological polar surface area (TPSA) is 90.0 Å². The minimum Gasteiger partial charge on any atom is -0.389 e. The van der Waals surface area contributed by atoms with Crippen LogP contribution in [0.25, 0.3) is 0 Å². The minimum absolute atomic E-state index is 0.0849. The summed E-state index contributed by atoms with van der Waals surface area (Å²) < 4.78 is 48.8. The zero-order valence-electron chi connectivity index (χ0n) is 8.02. The summed E-state index contributed by atoms with van der Waals surface area (Å²) in [7, 11) is -3.39. The van der Waals surface area contributed by atoms with E-state index in [2.05, 4.69) is 17.3 Å². The maximum absolute atomic E-state index is 12.1. The third-order valence-corrected chi connectivity index (χ3v) is 2.84. The van der Waals surface area contributed by atoms with Gasteiger partial charge in [-0.15, -0.1) is 0 Å². The average molecular weight is 270 g/mol. The van der Waals surface area contributed by atoms with Gasteiger partial charge in [-0.1, -0.05) is 12.2 Å². The van der Waals surface area contributed by atoms with E-state index in [0.29, 0.717) is 0 Å². The number of sulfonamides is 1. The Morgan fingerprint density at radius 3 is 2.69 bits per heavy atom. The Kier molecular flexibility index (Phi) is 3.43. The molecule has 1 aromatic rings. The van der Waals surface area contributed by atoms with E-state index in [9.17, 15) is 17.2 Å². The van der Waals surface area contributed by atoms with Crippen LogP contribution in [0.3, 0.4) is 0 Å². The third-order valence-electron chi connectivity index (χ3n) is 1.68. The second-order valence-electron chi connectivity index (χ2n) is 2.80. The number of hydrogen-bond donors (Lipinski definition) is 2. The number of nitrogens with two attached hydrogens (primary N) is 1. The summed E-state index contributed by atoms with van der Waals surface area (Å²) in [5.41, 5.74) is 5.36. The van der Waals surface area contributed by atoms with E-state index < -0.39 is 15.8 Å². The quantitative estimate of drug-likeness (QED) is 0.753. The van der Waals surface area contributed by atoms with Gasteiger partial charge in [0.25, 0.3) is 10.0 Å². The molecule has 10 heteroatoms. The number of thiocarbonyl (C=S) groups is 1. The van der Waals surface area contributed by atoms with Crippen molar-refractivity contribution in [1.82, 2.24) is 9.78 Å². The lowest BCUT2D eigenvalue weighted by Crippen LogP contribution is -2.24. The molecule has 16 heavy (non-hydrogen) atoms. The summed E-state index contributed by atoms with van der Waals surface area (Å²) in [6, 6.07) is 0. The van der Waals surface area contributed by atoms with Crippen molar-refractivity contribution < 1.29 is 17.2 Å². The van der Waals surface area contributed by atoms with Crippen LogP contribution < -0.4 is 10.5 Å². The lowest BCUT2D eigenvalue weighted by Gasteiger charge is -2.08. The van der Waals surface area contributed by atoms with Gasteiger partial charge in [-0.05, 0) is 0 Å². The maximum atomic E-state index is 12.1. The van der Waals surface area contributed by atoms with Crippen LogP contribution >= 0.6 is 12.2 Å². The molecule has 0 aliphatic heterocycles. The molecule has 0 unspecified atom stereocenters. The van der Waals surface area contributed by atoms with Gasteiger partial charge in [0, 0.05) is 7.05 Å². The van der Waals surface area contributed by atoms with Gasteiger partial charge >= 0.3 is 5.76 Å². The first kappa shape index (κ1) is 12.8. The number of anilines is 1. The van der Waals surface area contributed by atoms with Crippen molar-refractivity contribution in [1.29, 1.82) is 0 Å². The zero-order chi connectivity index (χ0) is 12.5. The number of alkyl halides is 2. The van der Waals surface area contributed by atoms with Crippen LogP contribution in [-0.2, 0) is 17.1 Å². The second kappa shape index (κ2) is 4.29. The molecule has 1 heterocycles. The molecule has 0 aromatic carbocycles. The Balaban J connectivity index is 3.16. The summed E-state index contributed by atoms with van der Waals surface area (Å²) in [4.78, 5) is -0.139. The Morgan fingerprint density at radius 2 is 2.25 bits per heavy atom. The Bertz CT molecular complexity index is 511. The smallest absolute Gasteiger partial charge is 0.355 e. The van der Waals surface area contributed by atoms with Crippen LogP contribution in [0.1, 0.15) is 5.56 Å². The highest BCUT2D eigenvalue weighted by atomic mass is 32.2. The van der Waals surface area contributed by atoms with Gasteiger partial charge in [-0.25, -0.2) is 8.42 Å². The van der Waals surface area contributed by atoms with Crippen LogP contribution in [0.5, 0.6) is 0 Å². The van der Waals surface area contributed by atoms with E-state index in [4.69, 9.17) is 5.73 Å². The second-order valence-corrected chi connectivity index (χ2v) is 4.89. The van der Waals surface area contributed by atoms with E-state index in [-0.39, 0.29) is 16.4 Å². The average Bonchev–Trinajstić information content (AvgIpc) is 2.47. The summed E-state index contributed by atoms with van der Waals surface area (Å²) in [6.07, 6.45) is 1.19. The fourth-order valence-electron chi connectivity index (χ4n) is 0.918. The van der Waals surface area contributed by atoms with Crippen molar-refractivity contribution in [2.45, 2.75) is 5.76 Å². The van der Waals surface area contributed by atoms with Gasteiger partial charge in [0.2, 0.25) is 0 Å². The van der Waals surface area contributed by atoms with E-state index in [1.165, 1.54) is 13.2 Å².